The standard InChI is InChI=1S/C24H47NO5S/c1-2-3-4-5-6-7-8-9-10-11-12-16-19-24(26)30-23(21-31(27,28)29)20-25-22-17-14-13-15-18-22/h22-23,25H,2-21H2,1H3,(H,27,28,29). The molecule has 31 heavy (non-hydrogen) atoms. The number of unbranched alkanes of at least 4 members (excludes halogenated alkanes) is 11. The molecular formula is C24H47NO5S. The van der Waals surface area contributed by atoms with Crippen LogP contribution < -0.4 is 5.32 Å². The van der Waals surface area contributed by atoms with E-state index in [1.807, 2.05) is 0 Å². The minimum Gasteiger partial charge on any atom is -0.460 e. The molecule has 0 aromatic heterocycles. The van der Waals surface area contributed by atoms with Gasteiger partial charge in [-0.05, 0) is 19.3 Å². The van der Waals surface area contributed by atoms with Gasteiger partial charge in [0.2, 0.25) is 0 Å². The van der Waals surface area contributed by atoms with Gasteiger partial charge in [0, 0.05) is 19.0 Å². The van der Waals surface area contributed by atoms with Gasteiger partial charge in [-0.15, -0.1) is 0 Å². The van der Waals surface area contributed by atoms with Gasteiger partial charge in [-0.1, -0.05) is 96.8 Å². The molecule has 0 amide bonds. The maximum absolute atomic E-state index is 12.1. The van der Waals surface area contributed by atoms with Crippen LogP contribution in [0.3, 0.4) is 0 Å². The maximum Gasteiger partial charge on any atom is 0.306 e. The van der Waals surface area contributed by atoms with Gasteiger partial charge in [-0.3, -0.25) is 9.35 Å². The predicted molar refractivity (Wildman–Crippen MR) is 127 cm³/mol. The number of esters is 1. The van der Waals surface area contributed by atoms with Crippen molar-refractivity contribution < 1.29 is 22.5 Å². The number of hydrogen-bond acceptors (Lipinski definition) is 5. The van der Waals surface area contributed by atoms with E-state index >= 15 is 0 Å². The minimum atomic E-state index is -4.19. The summed E-state index contributed by atoms with van der Waals surface area (Å²) >= 11 is 0. The summed E-state index contributed by atoms with van der Waals surface area (Å²) < 4.78 is 37.1. The Hall–Kier alpha value is -0.660. The zero-order valence-electron chi connectivity index (χ0n) is 19.8. The highest BCUT2D eigenvalue weighted by molar-refractivity contribution is 7.85. The summed E-state index contributed by atoms with van der Waals surface area (Å²) in [6.45, 7) is 2.52. The Bertz CT molecular complexity index is 546. The number of carbonyl (C=O) groups excluding carboxylic acids is 1. The van der Waals surface area contributed by atoms with E-state index in [1.54, 1.807) is 0 Å². The third kappa shape index (κ3) is 17.6. The Morgan fingerprint density at radius 1 is 0.903 bits per heavy atom. The van der Waals surface area contributed by atoms with Gasteiger partial charge in [0.05, 0.1) is 0 Å². The van der Waals surface area contributed by atoms with E-state index in [0.717, 1.165) is 32.1 Å². The SMILES string of the molecule is CCCCCCCCCCCCCCC(=O)OC(CNC1CCCCC1)CS(=O)(=O)O. The van der Waals surface area contributed by atoms with Gasteiger partial charge < -0.3 is 10.1 Å². The van der Waals surface area contributed by atoms with Crippen molar-refractivity contribution in [2.75, 3.05) is 12.3 Å². The van der Waals surface area contributed by atoms with E-state index in [4.69, 9.17) is 4.74 Å². The van der Waals surface area contributed by atoms with Gasteiger partial charge in [-0.25, -0.2) is 0 Å². The van der Waals surface area contributed by atoms with Crippen molar-refractivity contribution >= 4 is 16.1 Å². The van der Waals surface area contributed by atoms with Crippen molar-refractivity contribution in [1.82, 2.24) is 5.32 Å². The maximum atomic E-state index is 12.1. The van der Waals surface area contributed by atoms with Crippen LogP contribution in [0.5, 0.6) is 0 Å². The van der Waals surface area contributed by atoms with Crippen LogP contribution in [0.1, 0.15) is 122 Å². The molecule has 0 radical (unpaired) electrons. The lowest BCUT2D eigenvalue weighted by Crippen LogP contribution is -2.41. The van der Waals surface area contributed by atoms with Crippen molar-refractivity contribution in [2.24, 2.45) is 0 Å². The zero-order valence-corrected chi connectivity index (χ0v) is 20.6. The molecule has 1 saturated carbocycles. The molecule has 0 aromatic rings. The summed E-state index contributed by atoms with van der Waals surface area (Å²) in [6, 6.07) is 0.340. The Labute approximate surface area is 191 Å². The van der Waals surface area contributed by atoms with Crippen LogP contribution in [0.2, 0.25) is 0 Å². The average Bonchev–Trinajstić information content (AvgIpc) is 2.72. The predicted octanol–water partition coefficient (Wildman–Crippen LogP) is 5.80. The largest absolute Gasteiger partial charge is 0.460 e. The Kier molecular flexibility index (Phi) is 16.3. The lowest BCUT2D eigenvalue weighted by molar-refractivity contribution is -0.148. The van der Waals surface area contributed by atoms with Crippen LogP contribution in [0.25, 0.3) is 0 Å². The van der Waals surface area contributed by atoms with Crippen molar-refractivity contribution in [1.29, 1.82) is 0 Å². The van der Waals surface area contributed by atoms with E-state index in [1.165, 1.54) is 77.0 Å². The van der Waals surface area contributed by atoms with Crippen molar-refractivity contribution in [3.05, 3.63) is 0 Å². The van der Waals surface area contributed by atoms with Crippen LogP contribution in [-0.2, 0) is 19.6 Å². The van der Waals surface area contributed by atoms with E-state index in [9.17, 15) is 17.8 Å². The Balaban J connectivity index is 2.10. The molecule has 184 valence electrons. The molecule has 7 heteroatoms. The molecule has 0 aromatic carbocycles. The van der Waals surface area contributed by atoms with Gasteiger partial charge in [0.1, 0.15) is 11.9 Å². The molecule has 1 aliphatic rings. The summed E-state index contributed by atoms with van der Waals surface area (Å²) in [5.74, 6) is -0.914. The molecule has 0 aliphatic heterocycles. The molecule has 2 N–H and O–H groups in total. The van der Waals surface area contributed by atoms with Crippen molar-refractivity contribution in [3.63, 3.8) is 0 Å². The van der Waals surface area contributed by atoms with Crippen molar-refractivity contribution in [2.45, 2.75) is 135 Å². The highest BCUT2D eigenvalue weighted by Crippen LogP contribution is 2.17. The first-order chi connectivity index (χ1) is 14.9. The van der Waals surface area contributed by atoms with Crippen LogP contribution in [0.15, 0.2) is 0 Å². The van der Waals surface area contributed by atoms with E-state index in [0.29, 0.717) is 12.5 Å². The molecule has 0 spiro atoms. The molecule has 0 bridgehead atoms. The first-order valence-electron chi connectivity index (χ1n) is 12.8. The number of rotatable bonds is 19. The van der Waals surface area contributed by atoms with Crippen molar-refractivity contribution in [3.8, 4) is 0 Å². The number of hydrogen-bond donors (Lipinski definition) is 2. The second-order valence-corrected chi connectivity index (χ2v) is 10.7. The molecular weight excluding hydrogens is 414 g/mol. The topological polar surface area (TPSA) is 92.7 Å². The van der Waals surface area contributed by atoms with Crippen LogP contribution >= 0.6 is 0 Å². The van der Waals surface area contributed by atoms with Crippen LogP contribution in [0, 0.1) is 0 Å². The highest BCUT2D eigenvalue weighted by atomic mass is 32.2. The monoisotopic (exact) mass is 461 g/mol. The normalized spacial score (nSPS) is 16.3. The van der Waals surface area contributed by atoms with E-state index < -0.39 is 22.0 Å². The molecule has 1 fully saturated rings. The number of carbonyl (C=O) groups is 1. The van der Waals surface area contributed by atoms with E-state index in [-0.39, 0.29) is 12.5 Å². The van der Waals surface area contributed by atoms with Crippen LogP contribution in [-0.4, -0.2) is 43.4 Å². The fraction of sp³-hybridized carbons (Fsp3) is 0.958. The summed E-state index contributed by atoms with van der Waals surface area (Å²) in [6.07, 6.45) is 19.9. The zero-order chi connectivity index (χ0) is 22.8. The first kappa shape index (κ1) is 28.4. The molecule has 0 saturated heterocycles. The quantitative estimate of drug-likeness (QED) is 0.143. The van der Waals surface area contributed by atoms with Gasteiger partial charge >= 0.3 is 5.97 Å². The second-order valence-electron chi connectivity index (χ2n) is 9.24. The van der Waals surface area contributed by atoms with Gasteiger partial charge in [-0.2, -0.15) is 8.42 Å². The smallest absolute Gasteiger partial charge is 0.306 e. The number of nitrogens with one attached hydrogen (secondary N) is 1. The average molecular weight is 462 g/mol. The second kappa shape index (κ2) is 17.8. The molecule has 1 atom stereocenters. The fourth-order valence-electron chi connectivity index (χ4n) is 4.33. The summed E-state index contributed by atoms with van der Waals surface area (Å²) in [5.41, 5.74) is 0. The molecule has 6 nitrogen and oxygen atoms in total. The lowest BCUT2D eigenvalue weighted by Gasteiger charge is -2.25. The molecule has 1 unspecified atom stereocenters. The third-order valence-electron chi connectivity index (χ3n) is 6.17. The number of ether oxygens (including phenoxy) is 1. The third-order valence-corrected chi connectivity index (χ3v) is 6.96. The summed E-state index contributed by atoms with van der Waals surface area (Å²) in [4.78, 5) is 12.1. The Morgan fingerprint density at radius 3 is 1.94 bits per heavy atom. The van der Waals surface area contributed by atoms with Crippen LogP contribution in [0.4, 0.5) is 0 Å². The minimum absolute atomic E-state index is 0.272. The van der Waals surface area contributed by atoms with Gasteiger partial charge in [0.15, 0.2) is 0 Å². The summed E-state index contributed by atoms with van der Waals surface area (Å²) in [5, 5.41) is 3.31. The molecule has 1 aliphatic carbocycles. The summed E-state index contributed by atoms with van der Waals surface area (Å²) in [7, 11) is -4.19. The van der Waals surface area contributed by atoms with E-state index in [2.05, 4.69) is 12.2 Å². The Morgan fingerprint density at radius 2 is 1.42 bits per heavy atom. The first-order valence-corrected chi connectivity index (χ1v) is 14.4. The fourth-order valence-corrected chi connectivity index (χ4v) is 4.99. The molecule has 1 rings (SSSR count). The highest BCUT2D eigenvalue weighted by Gasteiger charge is 2.23. The molecule has 0 heterocycles. The van der Waals surface area contributed by atoms with Gasteiger partial charge in [0.25, 0.3) is 10.1 Å². The lowest BCUT2D eigenvalue weighted by atomic mass is 9.95.